The van der Waals surface area contributed by atoms with Gasteiger partial charge in [-0.25, -0.2) is 4.99 Å². The third-order valence-corrected chi connectivity index (χ3v) is 3.70. The Balaban J connectivity index is 0.00000220. The lowest BCUT2D eigenvalue weighted by Crippen LogP contribution is -2.39. The normalized spacial score (nSPS) is 16.4. The molecule has 3 N–H and O–H groups in total. The van der Waals surface area contributed by atoms with Gasteiger partial charge in [-0.2, -0.15) is 5.26 Å². The second-order valence-corrected chi connectivity index (χ2v) is 5.35. The molecule has 0 heterocycles. The molecule has 0 spiro atoms. The zero-order valence-electron chi connectivity index (χ0n) is 12.2. The van der Waals surface area contributed by atoms with Crippen molar-refractivity contribution in [2.45, 2.75) is 51.1 Å². The Labute approximate surface area is 143 Å². The van der Waals surface area contributed by atoms with Gasteiger partial charge in [0.1, 0.15) is 0 Å². The Morgan fingerprint density at radius 2 is 2.00 bits per heavy atom. The largest absolute Gasteiger partial charge is 0.370 e. The minimum Gasteiger partial charge on any atom is -0.370 e. The Morgan fingerprint density at radius 3 is 2.67 bits per heavy atom. The van der Waals surface area contributed by atoms with Gasteiger partial charge in [0.2, 0.25) is 0 Å². The first kappa shape index (κ1) is 17.8. The standard InChI is InChI=1S/C16H22N4.HI/c17-11-13-6-5-7-14(10-13)12-19-16(18)20-15-8-3-1-2-4-9-15;/h5-7,10,15H,1-4,8-9,12H2,(H3,18,19,20);1H. The van der Waals surface area contributed by atoms with Crippen LogP contribution in [0.25, 0.3) is 0 Å². The highest BCUT2D eigenvalue weighted by Gasteiger charge is 2.12. The van der Waals surface area contributed by atoms with Crippen LogP contribution in [0.15, 0.2) is 29.3 Å². The summed E-state index contributed by atoms with van der Waals surface area (Å²) in [5, 5.41) is 12.2. The van der Waals surface area contributed by atoms with E-state index in [1.165, 1.54) is 38.5 Å². The molecule has 0 aliphatic heterocycles. The zero-order valence-corrected chi connectivity index (χ0v) is 14.5. The van der Waals surface area contributed by atoms with E-state index >= 15 is 0 Å². The Kier molecular flexibility index (Phi) is 8.13. The van der Waals surface area contributed by atoms with Crippen LogP contribution in [0.1, 0.15) is 49.7 Å². The van der Waals surface area contributed by atoms with Gasteiger partial charge in [0, 0.05) is 6.04 Å². The molecule has 5 heteroatoms. The Bertz CT molecular complexity index is 499. The van der Waals surface area contributed by atoms with E-state index in [1.807, 2.05) is 18.2 Å². The summed E-state index contributed by atoms with van der Waals surface area (Å²) in [6.45, 7) is 0.515. The van der Waals surface area contributed by atoms with Crippen LogP contribution < -0.4 is 11.1 Å². The summed E-state index contributed by atoms with van der Waals surface area (Å²) in [4.78, 5) is 4.37. The molecule has 2 rings (SSSR count). The smallest absolute Gasteiger partial charge is 0.189 e. The van der Waals surface area contributed by atoms with Crippen molar-refractivity contribution in [2.24, 2.45) is 10.7 Å². The van der Waals surface area contributed by atoms with Crippen LogP contribution in [0, 0.1) is 11.3 Å². The lowest BCUT2D eigenvalue weighted by Gasteiger charge is -2.16. The summed E-state index contributed by atoms with van der Waals surface area (Å²) in [5.41, 5.74) is 7.62. The first-order valence-corrected chi connectivity index (χ1v) is 7.33. The van der Waals surface area contributed by atoms with Crippen molar-refractivity contribution < 1.29 is 0 Å². The highest BCUT2D eigenvalue weighted by Crippen LogP contribution is 2.17. The summed E-state index contributed by atoms with van der Waals surface area (Å²) < 4.78 is 0. The number of nitriles is 1. The van der Waals surface area contributed by atoms with Gasteiger partial charge < -0.3 is 11.1 Å². The molecule has 114 valence electrons. The molecule has 0 atom stereocenters. The van der Waals surface area contributed by atoms with E-state index in [4.69, 9.17) is 11.0 Å². The number of benzene rings is 1. The summed E-state index contributed by atoms with van der Waals surface area (Å²) in [6, 6.07) is 10.1. The maximum Gasteiger partial charge on any atom is 0.189 e. The highest BCUT2D eigenvalue weighted by atomic mass is 127. The van der Waals surface area contributed by atoms with Crippen LogP contribution in [-0.4, -0.2) is 12.0 Å². The van der Waals surface area contributed by atoms with Crippen molar-refractivity contribution in [1.29, 1.82) is 5.26 Å². The second kappa shape index (κ2) is 9.61. The van der Waals surface area contributed by atoms with Crippen molar-refractivity contribution in [2.75, 3.05) is 0 Å². The molecule has 0 radical (unpaired) electrons. The second-order valence-electron chi connectivity index (χ2n) is 5.35. The van der Waals surface area contributed by atoms with Crippen LogP contribution in [0.2, 0.25) is 0 Å². The fraction of sp³-hybridized carbons (Fsp3) is 0.500. The van der Waals surface area contributed by atoms with Gasteiger partial charge in [0.15, 0.2) is 5.96 Å². The third kappa shape index (κ3) is 6.34. The first-order valence-electron chi connectivity index (χ1n) is 7.33. The average molecular weight is 398 g/mol. The van der Waals surface area contributed by atoms with Crippen LogP contribution in [-0.2, 0) is 6.54 Å². The fourth-order valence-corrected chi connectivity index (χ4v) is 2.59. The van der Waals surface area contributed by atoms with E-state index < -0.39 is 0 Å². The lowest BCUT2D eigenvalue weighted by atomic mass is 10.1. The van der Waals surface area contributed by atoms with Crippen LogP contribution >= 0.6 is 24.0 Å². The number of rotatable bonds is 3. The molecular formula is C16H23IN4. The minimum absolute atomic E-state index is 0. The van der Waals surface area contributed by atoms with Crippen molar-refractivity contribution in [1.82, 2.24) is 5.32 Å². The van der Waals surface area contributed by atoms with Gasteiger partial charge in [-0.05, 0) is 30.5 Å². The lowest BCUT2D eigenvalue weighted by molar-refractivity contribution is 0.530. The molecule has 1 fully saturated rings. The SMILES string of the molecule is I.N#Cc1cccc(CN=C(N)NC2CCCCCC2)c1. The van der Waals surface area contributed by atoms with Gasteiger partial charge in [0.25, 0.3) is 0 Å². The molecule has 0 aromatic heterocycles. The molecule has 0 unspecified atom stereocenters. The van der Waals surface area contributed by atoms with E-state index in [0.717, 1.165) is 5.56 Å². The average Bonchev–Trinajstić information content (AvgIpc) is 2.74. The third-order valence-electron chi connectivity index (χ3n) is 3.70. The molecule has 4 nitrogen and oxygen atoms in total. The number of nitrogens with one attached hydrogen (secondary N) is 1. The zero-order chi connectivity index (χ0) is 14.2. The maximum atomic E-state index is 8.86. The molecule has 1 aromatic rings. The van der Waals surface area contributed by atoms with Gasteiger partial charge in [-0.15, -0.1) is 24.0 Å². The number of halogens is 1. The number of nitrogens with zero attached hydrogens (tertiary/aromatic N) is 2. The van der Waals surface area contributed by atoms with E-state index in [2.05, 4.69) is 16.4 Å². The Morgan fingerprint density at radius 1 is 1.29 bits per heavy atom. The monoisotopic (exact) mass is 398 g/mol. The number of nitrogens with two attached hydrogens (primary N) is 1. The minimum atomic E-state index is 0. The van der Waals surface area contributed by atoms with Crippen LogP contribution in [0.3, 0.4) is 0 Å². The highest BCUT2D eigenvalue weighted by molar-refractivity contribution is 14.0. The van der Waals surface area contributed by atoms with Crippen molar-refractivity contribution >= 4 is 29.9 Å². The molecule has 0 amide bonds. The maximum absolute atomic E-state index is 8.86. The Hall–Kier alpha value is -1.29. The van der Waals surface area contributed by atoms with Crippen LogP contribution in [0.4, 0.5) is 0 Å². The predicted molar refractivity (Wildman–Crippen MR) is 96.5 cm³/mol. The molecule has 1 saturated carbocycles. The van der Waals surface area contributed by atoms with Gasteiger partial charge in [-0.1, -0.05) is 37.8 Å². The molecular weight excluding hydrogens is 375 g/mol. The molecule has 0 saturated heterocycles. The number of hydrogen-bond acceptors (Lipinski definition) is 2. The summed E-state index contributed by atoms with van der Waals surface area (Å²) in [7, 11) is 0. The van der Waals surface area contributed by atoms with Crippen molar-refractivity contribution in [3.05, 3.63) is 35.4 Å². The molecule has 0 bridgehead atoms. The quantitative estimate of drug-likeness (QED) is 0.355. The number of hydrogen-bond donors (Lipinski definition) is 2. The van der Waals surface area contributed by atoms with Crippen molar-refractivity contribution in [3.8, 4) is 6.07 Å². The number of aliphatic imine (C=N–C) groups is 1. The van der Waals surface area contributed by atoms with Crippen LogP contribution in [0.5, 0.6) is 0 Å². The first-order chi connectivity index (χ1) is 9.78. The van der Waals surface area contributed by atoms with E-state index in [0.29, 0.717) is 24.1 Å². The van der Waals surface area contributed by atoms with E-state index in [9.17, 15) is 0 Å². The van der Waals surface area contributed by atoms with E-state index in [-0.39, 0.29) is 24.0 Å². The molecule has 1 aliphatic rings. The van der Waals surface area contributed by atoms with Gasteiger partial charge >= 0.3 is 0 Å². The van der Waals surface area contributed by atoms with Gasteiger partial charge in [0.05, 0.1) is 18.2 Å². The summed E-state index contributed by atoms with van der Waals surface area (Å²) in [5.74, 6) is 0.513. The summed E-state index contributed by atoms with van der Waals surface area (Å²) in [6.07, 6.45) is 7.57. The topological polar surface area (TPSA) is 74.2 Å². The van der Waals surface area contributed by atoms with Crippen molar-refractivity contribution in [3.63, 3.8) is 0 Å². The van der Waals surface area contributed by atoms with Gasteiger partial charge in [-0.3, -0.25) is 0 Å². The molecule has 1 aromatic carbocycles. The predicted octanol–water partition coefficient (Wildman–Crippen LogP) is 3.30. The van der Waals surface area contributed by atoms with E-state index in [1.54, 1.807) is 6.07 Å². The molecule has 21 heavy (non-hydrogen) atoms. The molecule has 1 aliphatic carbocycles. The number of guanidine groups is 1. The summed E-state index contributed by atoms with van der Waals surface area (Å²) >= 11 is 0. The fourth-order valence-electron chi connectivity index (χ4n) is 2.59.